The second-order valence-corrected chi connectivity index (χ2v) is 18.6. The average Bonchev–Trinajstić information content (AvgIpc) is 2.03. The van der Waals surface area contributed by atoms with Gasteiger partial charge in [-0.2, -0.15) is 0 Å². The van der Waals surface area contributed by atoms with E-state index < -0.39 is 18.4 Å². The van der Waals surface area contributed by atoms with Crippen LogP contribution in [-0.2, 0) is 6.61 Å². The van der Waals surface area contributed by atoms with Gasteiger partial charge in [0.2, 0.25) is 0 Å². The molecule has 0 heterocycles. The second-order valence-electron chi connectivity index (χ2n) is 4.11. The Balaban J connectivity index is 2.93. The normalized spacial score (nSPS) is 11.7. The van der Waals surface area contributed by atoms with E-state index in [1.807, 2.05) is 12.1 Å². The Morgan fingerprint density at radius 3 is 1.92 bits per heavy atom. The molecule has 1 aromatic carbocycles. The van der Waals surface area contributed by atoms with Crippen molar-refractivity contribution in [2.24, 2.45) is 0 Å². The first kappa shape index (κ1) is 10.1. The number of aliphatic hydroxyl groups excluding tert-OH is 1. The zero-order chi connectivity index (χ0) is 9.19. The van der Waals surface area contributed by atoms with Crippen LogP contribution in [0.25, 0.3) is 0 Å². The molecule has 1 rings (SSSR count). The van der Waals surface area contributed by atoms with Gasteiger partial charge in [-0.05, 0) is 0 Å². The Labute approximate surface area is 78.3 Å². The molecule has 0 aromatic heterocycles. The van der Waals surface area contributed by atoms with E-state index in [1.165, 1.54) is 3.58 Å². The molecule has 66 valence electrons. The Bertz CT molecular complexity index is 246. The van der Waals surface area contributed by atoms with Gasteiger partial charge in [-0.3, -0.25) is 0 Å². The van der Waals surface area contributed by atoms with Crippen LogP contribution in [0.15, 0.2) is 24.3 Å². The number of hydrogen-bond acceptors (Lipinski definition) is 1. The van der Waals surface area contributed by atoms with E-state index in [1.54, 1.807) is 0 Å². The van der Waals surface area contributed by atoms with Crippen LogP contribution in [0, 0.1) is 0 Å². The monoisotopic (exact) mass is 272 g/mol. The maximum absolute atomic E-state index is 8.85. The summed E-state index contributed by atoms with van der Waals surface area (Å²) < 4.78 is 1.52. The van der Waals surface area contributed by atoms with Gasteiger partial charge < -0.3 is 0 Å². The fourth-order valence-electron chi connectivity index (χ4n) is 1.11. The van der Waals surface area contributed by atoms with E-state index in [4.69, 9.17) is 5.11 Å². The van der Waals surface area contributed by atoms with Gasteiger partial charge in [0, 0.05) is 0 Å². The summed E-state index contributed by atoms with van der Waals surface area (Å²) >= 11 is -1.84. The van der Waals surface area contributed by atoms with Crippen LogP contribution < -0.4 is 3.58 Å². The molecule has 0 atom stereocenters. The van der Waals surface area contributed by atoms with E-state index >= 15 is 0 Å². The van der Waals surface area contributed by atoms with Gasteiger partial charge in [0.05, 0.1) is 0 Å². The molecule has 1 nitrogen and oxygen atoms in total. The van der Waals surface area contributed by atoms with Crippen molar-refractivity contribution in [3.8, 4) is 0 Å². The van der Waals surface area contributed by atoms with Gasteiger partial charge in [0.15, 0.2) is 0 Å². The topological polar surface area (TPSA) is 20.2 Å². The number of hydrogen-bond donors (Lipinski definition) is 1. The molecule has 1 aromatic rings. The first-order chi connectivity index (χ1) is 5.54. The van der Waals surface area contributed by atoms with Crippen molar-refractivity contribution in [1.82, 2.24) is 0 Å². The number of rotatable bonds is 2. The van der Waals surface area contributed by atoms with Crippen LogP contribution >= 0.6 is 0 Å². The SMILES string of the molecule is [CH3][Sn]([CH3])([CH3])[c]1ccc(CO)cc1. The molecule has 0 aliphatic carbocycles. The molecule has 0 bridgehead atoms. The van der Waals surface area contributed by atoms with E-state index in [0.29, 0.717) is 0 Å². The fourth-order valence-corrected chi connectivity index (χ4v) is 4.44. The number of aliphatic hydroxyl groups is 1. The Morgan fingerprint density at radius 2 is 1.58 bits per heavy atom. The molecule has 0 radical (unpaired) electrons. The van der Waals surface area contributed by atoms with Crippen LogP contribution in [0.3, 0.4) is 0 Å². The predicted octanol–water partition coefficient (Wildman–Crippen LogP) is 1.72. The van der Waals surface area contributed by atoms with Crippen molar-refractivity contribution in [2.75, 3.05) is 0 Å². The minimum atomic E-state index is -1.84. The van der Waals surface area contributed by atoms with E-state index in [0.717, 1.165) is 5.56 Å². The van der Waals surface area contributed by atoms with Crippen molar-refractivity contribution < 1.29 is 5.11 Å². The van der Waals surface area contributed by atoms with Crippen molar-refractivity contribution >= 4 is 22.0 Å². The van der Waals surface area contributed by atoms with E-state index in [9.17, 15) is 0 Å². The molecule has 0 fully saturated rings. The first-order valence-electron chi connectivity index (χ1n) is 4.24. The summed E-state index contributed by atoms with van der Waals surface area (Å²) in [6.07, 6.45) is 0. The van der Waals surface area contributed by atoms with Crippen molar-refractivity contribution in [1.29, 1.82) is 0 Å². The van der Waals surface area contributed by atoms with Gasteiger partial charge in [-0.1, -0.05) is 0 Å². The summed E-state index contributed by atoms with van der Waals surface area (Å²) in [4.78, 5) is 7.17. The molecule has 0 amide bonds. The fraction of sp³-hybridized carbons (Fsp3) is 0.400. The first-order valence-corrected chi connectivity index (χ1v) is 14.2. The van der Waals surface area contributed by atoms with Gasteiger partial charge in [-0.25, -0.2) is 0 Å². The maximum atomic E-state index is 8.85. The predicted molar refractivity (Wildman–Crippen MR) is 55.3 cm³/mol. The molecule has 0 saturated heterocycles. The summed E-state index contributed by atoms with van der Waals surface area (Å²) in [6.45, 7) is 0.153. The van der Waals surface area contributed by atoms with Gasteiger partial charge in [0.25, 0.3) is 0 Å². The molecule has 0 unspecified atom stereocenters. The molecule has 0 aliphatic rings. The second kappa shape index (κ2) is 3.79. The Hall–Kier alpha value is -0.0213. The summed E-state index contributed by atoms with van der Waals surface area (Å²) in [7, 11) is 0. The molecule has 1 N–H and O–H groups in total. The van der Waals surface area contributed by atoms with Gasteiger partial charge >= 0.3 is 78.3 Å². The molecule has 2 heteroatoms. The third-order valence-electron chi connectivity index (χ3n) is 2.00. The quantitative estimate of drug-likeness (QED) is 0.812. The third-order valence-corrected chi connectivity index (χ3v) is 7.90. The molecule has 0 aliphatic heterocycles. The van der Waals surface area contributed by atoms with Crippen LogP contribution in [0.4, 0.5) is 0 Å². The summed E-state index contributed by atoms with van der Waals surface area (Å²) in [5, 5.41) is 8.85. The van der Waals surface area contributed by atoms with Crippen molar-refractivity contribution in [2.45, 2.75) is 21.4 Å². The molecule has 0 saturated carbocycles. The standard InChI is InChI=1S/C7H7O.3CH3.Sn/c8-6-7-4-2-1-3-5-7;;;;/h2-5,8H,6H2;3*1H3;. The molecule has 12 heavy (non-hydrogen) atoms. The van der Waals surface area contributed by atoms with Crippen LogP contribution in [0.1, 0.15) is 5.56 Å². The van der Waals surface area contributed by atoms with E-state index in [2.05, 4.69) is 27.0 Å². The summed E-state index contributed by atoms with van der Waals surface area (Å²) in [5.74, 6) is 0. The van der Waals surface area contributed by atoms with Crippen molar-refractivity contribution in [3.63, 3.8) is 0 Å². The zero-order valence-corrected chi connectivity index (χ0v) is 10.8. The van der Waals surface area contributed by atoms with Crippen LogP contribution in [0.2, 0.25) is 14.8 Å². The van der Waals surface area contributed by atoms with Crippen LogP contribution in [0.5, 0.6) is 0 Å². The van der Waals surface area contributed by atoms with Crippen LogP contribution in [-0.4, -0.2) is 23.5 Å². The summed E-state index contributed by atoms with van der Waals surface area (Å²) in [6, 6.07) is 8.39. The number of benzene rings is 1. The molecule has 0 spiro atoms. The average molecular weight is 271 g/mol. The Morgan fingerprint density at radius 1 is 1.08 bits per heavy atom. The molecular formula is C10H16OSn. The Kier molecular flexibility index (Phi) is 3.18. The molecular weight excluding hydrogens is 255 g/mol. The zero-order valence-electron chi connectivity index (χ0n) is 7.96. The minimum absolute atomic E-state index is 0.153. The third kappa shape index (κ3) is 2.49. The van der Waals surface area contributed by atoms with E-state index in [-0.39, 0.29) is 6.61 Å². The summed E-state index contributed by atoms with van der Waals surface area (Å²) in [5.41, 5.74) is 1.01. The van der Waals surface area contributed by atoms with Gasteiger partial charge in [-0.15, -0.1) is 0 Å². The van der Waals surface area contributed by atoms with Crippen molar-refractivity contribution in [3.05, 3.63) is 29.8 Å². The van der Waals surface area contributed by atoms with Gasteiger partial charge in [0.1, 0.15) is 0 Å².